The molecule has 7 heteroatoms. The number of halogens is 1. The topological polar surface area (TPSA) is 76.0 Å². The summed E-state index contributed by atoms with van der Waals surface area (Å²) in [5, 5.41) is 10.0. The molecule has 1 heterocycles. The number of anilines is 1. The van der Waals surface area contributed by atoms with E-state index in [0.717, 1.165) is 12.0 Å². The maximum atomic E-state index is 12.2. The van der Waals surface area contributed by atoms with Crippen LogP contribution >= 0.6 is 11.6 Å². The van der Waals surface area contributed by atoms with Gasteiger partial charge in [-0.25, -0.2) is 0 Å². The van der Waals surface area contributed by atoms with E-state index in [1.54, 1.807) is 25.3 Å². The summed E-state index contributed by atoms with van der Waals surface area (Å²) in [7, 11) is 1.65. The van der Waals surface area contributed by atoms with Gasteiger partial charge in [0, 0.05) is 24.7 Å². The van der Waals surface area contributed by atoms with Gasteiger partial charge in [-0.1, -0.05) is 36.7 Å². The predicted molar refractivity (Wildman–Crippen MR) is 94.9 cm³/mol. The highest BCUT2D eigenvalue weighted by molar-refractivity contribution is 6.32. The van der Waals surface area contributed by atoms with Gasteiger partial charge in [0.15, 0.2) is 0 Å². The number of nitrogens with zero attached hydrogens (tertiary/aromatic N) is 2. The third-order valence-electron chi connectivity index (χ3n) is 3.27. The maximum Gasteiger partial charge on any atom is 0.271 e. The molecule has 0 fully saturated rings. The summed E-state index contributed by atoms with van der Waals surface area (Å²) < 4.78 is 1.43. The van der Waals surface area contributed by atoms with Crippen LogP contribution in [-0.4, -0.2) is 28.1 Å². The first-order chi connectivity index (χ1) is 11.5. The average Bonchev–Trinajstić information content (AvgIpc) is 2.92. The molecule has 0 spiro atoms. The summed E-state index contributed by atoms with van der Waals surface area (Å²) in [6.07, 6.45) is 5.25. The Morgan fingerprint density at radius 2 is 2.08 bits per heavy atom. The van der Waals surface area contributed by atoms with Crippen molar-refractivity contribution in [3.05, 3.63) is 52.8 Å². The van der Waals surface area contributed by atoms with Crippen LogP contribution in [0.25, 0.3) is 6.08 Å². The number of nitrogens with one attached hydrogen (secondary N) is 2. The Balaban J connectivity index is 2.10. The Kier molecular flexibility index (Phi) is 6.14. The molecule has 0 atom stereocenters. The highest BCUT2D eigenvalue weighted by atomic mass is 35.5. The number of carbonyl (C=O) groups is 2. The summed E-state index contributed by atoms with van der Waals surface area (Å²) in [6.45, 7) is 2.52. The van der Waals surface area contributed by atoms with Crippen LogP contribution in [0.15, 0.2) is 36.5 Å². The lowest BCUT2D eigenvalue weighted by molar-refractivity contribution is -0.111. The first-order valence-electron chi connectivity index (χ1n) is 7.56. The fourth-order valence-electron chi connectivity index (χ4n) is 2.07. The number of hydrogen-bond donors (Lipinski definition) is 2. The number of hydrogen-bond acceptors (Lipinski definition) is 3. The van der Waals surface area contributed by atoms with Gasteiger partial charge in [-0.05, 0) is 24.1 Å². The van der Waals surface area contributed by atoms with Crippen LogP contribution in [0.4, 0.5) is 5.69 Å². The number of aryl methyl sites for hydroxylation is 1. The molecule has 2 rings (SSSR count). The summed E-state index contributed by atoms with van der Waals surface area (Å²) in [6, 6.07) is 7.20. The Bertz CT molecular complexity index is 768. The minimum absolute atomic E-state index is 0.276. The van der Waals surface area contributed by atoms with Crippen molar-refractivity contribution in [2.75, 3.05) is 11.9 Å². The summed E-state index contributed by atoms with van der Waals surface area (Å²) in [4.78, 5) is 24.2. The molecule has 0 saturated heterocycles. The molecule has 2 aromatic rings. The molecular weight excluding hydrogens is 328 g/mol. The second-order valence-electron chi connectivity index (χ2n) is 5.13. The van der Waals surface area contributed by atoms with Gasteiger partial charge in [-0.3, -0.25) is 14.3 Å². The molecule has 1 aromatic heterocycles. The highest BCUT2D eigenvalue weighted by Gasteiger charge is 2.17. The van der Waals surface area contributed by atoms with Gasteiger partial charge in [0.1, 0.15) is 5.69 Å². The van der Waals surface area contributed by atoms with Gasteiger partial charge < -0.3 is 10.6 Å². The molecule has 0 saturated carbocycles. The minimum atomic E-state index is -0.368. The average molecular weight is 347 g/mol. The molecule has 0 bridgehead atoms. The summed E-state index contributed by atoms with van der Waals surface area (Å²) in [5.41, 5.74) is 1.41. The van der Waals surface area contributed by atoms with E-state index in [2.05, 4.69) is 15.7 Å². The van der Waals surface area contributed by atoms with Crippen molar-refractivity contribution < 1.29 is 9.59 Å². The molecule has 2 amide bonds. The van der Waals surface area contributed by atoms with Crippen LogP contribution in [-0.2, 0) is 11.8 Å². The Morgan fingerprint density at radius 3 is 2.79 bits per heavy atom. The number of benzene rings is 1. The quantitative estimate of drug-likeness (QED) is 0.790. The Hall–Kier alpha value is -2.60. The minimum Gasteiger partial charge on any atom is -0.351 e. The van der Waals surface area contributed by atoms with E-state index in [1.165, 1.54) is 17.0 Å². The first kappa shape index (κ1) is 17.7. The van der Waals surface area contributed by atoms with Crippen molar-refractivity contribution in [1.29, 1.82) is 0 Å². The van der Waals surface area contributed by atoms with Crippen molar-refractivity contribution >= 4 is 35.2 Å². The largest absolute Gasteiger partial charge is 0.351 e. The van der Waals surface area contributed by atoms with E-state index in [0.29, 0.717) is 22.9 Å². The van der Waals surface area contributed by atoms with Gasteiger partial charge in [-0.2, -0.15) is 5.10 Å². The second kappa shape index (κ2) is 8.31. The van der Waals surface area contributed by atoms with Crippen LogP contribution in [0, 0.1) is 0 Å². The molecule has 0 aliphatic rings. The highest BCUT2D eigenvalue weighted by Crippen LogP contribution is 2.17. The van der Waals surface area contributed by atoms with E-state index in [-0.39, 0.29) is 11.8 Å². The number of rotatable bonds is 6. The van der Waals surface area contributed by atoms with Crippen LogP contribution in [0.1, 0.15) is 29.4 Å². The van der Waals surface area contributed by atoms with Crippen molar-refractivity contribution in [3.63, 3.8) is 0 Å². The van der Waals surface area contributed by atoms with Crippen molar-refractivity contribution in [3.8, 4) is 0 Å². The molecule has 126 valence electrons. The monoisotopic (exact) mass is 346 g/mol. The van der Waals surface area contributed by atoms with Crippen molar-refractivity contribution in [2.24, 2.45) is 7.05 Å². The van der Waals surface area contributed by atoms with E-state index in [1.807, 2.05) is 19.1 Å². The van der Waals surface area contributed by atoms with E-state index >= 15 is 0 Å². The van der Waals surface area contributed by atoms with Gasteiger partial charge in [0.05, 0.1) is 11.9 Å². The zero-order chi connectivity index (χ0) is 17.5. The van der Waals surface area contributed by atoms with Gasteiger partial charge >= 0.3 is 0 Å². The third-order valence-corrected chi connectivity index (χ3v) is 3.61. The van der Waals surface area contributed by atoms with Crippen LogP contribution in [0.5, 0.6) is 0 Å². The molecule has 1 aromatic carbocycles. The van der Waals surface area contributed by atoms with E-state index in [4.69, 9.17) is 11.6 Å². The molecule has 6 nitrogen and oxygen atoms in total. The summed E-state index contributed by atoms with van der Waals surface area (Å²) >= 11 is 6.04. The molecule has 24 heavy (non-hydrogen) atoms. The molecule has 0 unspecified atom stereocenters. The lowest BCUT2D eigenvalue weighted by atomic mass is 10.2. The fraction of sp³-hybridized carbons (Fsp3) is 0.235. The summed E-state index contributed by atoms with van der Waals surface area (Å²) in [5.74, 6) is -0.644. The van der Waals surface area contributed by atoms with Gasteiger partial charge in [-0.15, -0.1) is 0 Å². The van der Waals surface area contributed by atoms with Crippen molar-refractivity contribution in [2.45, 2.75) is 13.3 Å². The number of amides is 2. The SMILES string of the molecule is CCCNC(=O)c1c(NC(=O)/C=C/c2ccccc2Cl)cnn1C. The fourth-order valence-corrected chi connectivity index (χ4v) is 2.27. The number of aromatic nitrogens is 2. The van der Waals surface area contributed by atoms with Gasteiger partial charge in [0.25, 0.3) is 5.91 Å². The lowest BCUT2D eigenvalue weighted by Crippen LogP contribution is -2.27. The van der Waals surface area contributed by atoms with Gasteiger partial charge in [0.2, 0.25) is 5.91 Å². The van der Waals surface area contributed by atoms with Crippen LogP contribution in [0.2, 0.25) is 5.02 Å². The van der Waals surface area contributed by atoms with E-state index in [9.17, 15) is 9.59 Å². The lowest BCUT2D eigenvalue weighted by Gasteiger charge is -2.07. The standard InChI is InChI=1S/C17H19ClN4O2/c1-3-10-19-17(24)16-14(11-20-22(16)2)21-15(23)9-8-12-6-4-5-7-13(12)18/h4-9,11H,3,10H2,1-2H3,(H,19,24)(H,21,23)/b9-8+. The Morgan fingerprint density at radius 1 is 1.33 bits per heavy atom. The van der Waals surface area contributed by atoms with Crippen molar-refractivity contribution in [1.82, 2.24) is 15.1 Å². The molecular formula is C17H19ClN4O2. The maximum absolute atomic E-state index is 12.2. The zero-order valence-electron chi connectivity index (χ0n) is 13.5. The Labute approximate surface area is 145 Å². The normalized spacial score (nSPS) is 10.8. The third kappa shape index (κ3) is 4.45. The first-order valence-corrected chi connectivity index (χ1v) is 7.94. The zero-order valence-corrected chi connectivity index (χ0v) is 14.3. The number of carbonyl (C=O) groups excluding carboxylic acids is 2. The molecule has 0 aliphatic carbocycles. The predicted octanol–water partition coefficient (Wildman–Crippen LogP) is 2.87. The molecule has 0 aliphatic heterocycles. The van der Waals surface area contributed by atoms with Crippen LogP contribution in [0.3, 0.4) is 0 Å². The molecule has 0 radical (unpaired) electrons. The van der Waals surface area contributed by atoms with E-state index < -0.39 is 0 Å². The second-order valence-corrected chi connectivity index (χ2v) is 5.54. The molecule has 2 N–H and O–H groups in total. The smallest absolute Gasteiger partial charge is 0.271 e. The van der Waals surface area contributed by atoms with Crippen LogP contribution < -0.4 is 10.6 Å².